The average molecular weight is 201 g/mol. The molecule has 0 aliphatic rings. The maximum atomic E-state index is 11.2. The van der Waals surface area contributed by atoms with Gasteiger partial charge in [-0.25, -0.2) is 0 Å². The molecule has 0 saturated heterocycles. The van der Waals surface area contributed by atoms with Gasteiger partial charge in [0.25, 0.3) is 0 Å². The molecule has 0 fully saturated rings. The maximum absolute atomic E-state index is 11.2. The number of hydrogen-bond donors (Lipinski definition) is 1. The molecule has 3 heteroatoms. The first-order chi connectivity index (χ1) is 6.65. The molecule has 0 bridgehead atoms. The molecule has 0 aromatic heterocycles. The van der Waals surface area contributed by atoms with Crippen molar-refractivity contribution in [1.82, 2.24) is 5.32 Å². The normalized spacial score (nSPS) is 14.9. The molecule has 0 aliphatic carbocycles. The number of hydrogen-bond acceptors (Lipinski definition) is 3. The molecule has 0 rings (SSSR count). The van der Waals surface area contributed by atoms with Crippen molar-refractivity contribution in [1.29, 1.82) is 0 Å². The molecule has 0 aliphatic heterocycles. The molecular formula is C11H23NO2. The van der Waals surface area contributed by atoms with Gasteiger partial charge < -0.3 is 10.1 Å². The first kappa shape index (κ1) is 13.4. The first-order valence-corrected chi connectivity index (χ1v) is 5.49. The van der Waals surface area contributed by atoms with Crippen LogP contribution in [0, 0.1) is 0 Å². The monoisotopic (exact) mass is 201 g/mol. The van der Waals surface area contributed by atoms with E-state index in [-0.39, 0.29) is 12.0 Å². The fourth-order valence-corrected chi connectivity index (χ4v) is 1.45. The second kappa shape index (κ2) is 7.80. The van der Waals surface area contributed by atoms with Crippen LogP contribution in [0.25, 0.3) is 0 Å². The fraction of sp³-hybridized carbons (Fsp3) is 0.909. The molecule has 14 heavy (non-hydrogen) atoms. The summed E-state index contributed by atoms with van der Waals surface area (Å²) in [6, 6.07) is 0.242. The fourth-order valence-electron chi connectivity index (χ4n) is 1.45. The van der Waals surface area contributed by atoms with Gasteiger partial charge in [0.15, 0.2) is 0 Å². The predicted octanol–water partition coefficient (Wildman–Crippen LogP) is 2.11. The Morgan fingerprint density at radius 3 is 2.50 bits per heavy atom. The van der Waals surface area contributed by atoms with Crippen molar-refractivity contribution in [3.05, 3.63) is 0 Å². The summed E-state index contributed by atoms with van der Waals surface area (Å²) in [5.41, 5.74) is 0. The number of rotatable bonds is 7. The van der Waals surface area contributed by atoms with E-state index in [4.69, 9.17) is 0 Å². The van der Waals surface area contributed by atoms with Crippen LogP contribution in [0.5, 0.6) is 0 Å². The number of nitrogens with one attached hydrogen (secondary N) is 1. The topological polar surface area (TPSA) is 38.3 Å². The van der Waals surface area contributed by atoms with Crippen LogP contribution in [0.15, 0.2) is 0 Å². The van der Waals surface area contributed by atoms with E-state index in [9.17, 15) is 4.79 Å². The molecule has 0 heterocycles. The highest BCUT2D eigenvalue weighted by atomic mass is 16.5. The molecule has 0 aromatic carbocycles. The molecule has 0 radical (unpaired) electrons. The van der Waals surface area contributed by atoms with E-state index >= 15 is 0 Å². The van der Waals surface area contributed by atoms with Gasteiger partial charge in [-0.2, -0.15) is 0 Å². The highest BCUT2D eigenvalue weighted by molar-refractivity contribution is 5.75. The minimum absolute atomic E-state index is 0.181. The third-order valence-electron chi connectivity index (χ3n) is 2.44. The van der Waals surface area contributed by atoms with Gasteiger partial charge in [-0.3, -0.25) is 4.79 Å². The van der Waals surface area contributed by atoms with Crippen molar-refractivity contribution in [2.45, 2.75) is 58.5 Å². The minimum atomic E-state index is -0.193. The summed E-state index contributed by atoms with van der Waals surface area (Å²) in [7, 11) is 1.42. The Labute approximate surface area is 87.2 Å². The minimum Gasteiger partial charge on any atom is -0.468 e. The lowest BCUT2D eigenvalue weighted by Gasteiger charge is -2.20. The average Bonchev–Trinajstić information content (AvgIpc) is 2.22. The summed E-state index contributed by atoms with van der Waals surface area (Å²) in [6.45, 7) is 6.16. The van der Waals surface area contributed by atoms with Crippen LogP contribution in [0.3, 0.4) is 0 Å². The van der Waals surface area contributed by atoms with Crippen LogP contribution >= 0.6 is 0 Å². The summed E-state index contributed by atoms with van der Waals surface area (Å²) in [5.74, 6) is -0.181. The zero-order chi connectivity index (χ0) is 11.0. The molecule has 3 nitrogen and oxygen atoms in total. The lowest BCUT2D eigenvalue weighted by atomic mass is 10.1. The van der Waals surface area contributed by atoms with Gasteiger partial charge in [0.05, 0.1) is 7.11 Å². The molecule has 0 amide bonds. The van der Waals surface area contributed by atoms with Crippen molar-refractivity contribution in [2.24, 2.45) is 0 Å². The maximum Gasteiger partial charge on any atom is 0.322 e. The van der Waals surface area contributed by atoms with Crippen molar-refractivity contribution in [3.8, 4) is 0 Å². The standard InChI is InChI=1S/C11H23NO2/c1-5-7-8-10(6-2)12-9(3)11(13)14-4/h9-10,12H,5-8H2,1-4H3/t9-,10?/m0/s1. The molecule has 2 atom stereocenters. The Morgan fingerprint density at radius 1 is 1.43 bits per heavy atom. The Hall–Kier alpha value is -0.570. The number of unbranched alkanes of at least 4 members (excludes halogenated alkanes) is 1. The van der Waals surface area contributed by atoms with Crippen molar-refractivity contribution >= 4 is 5.97 Å². The molecular weight excluding hydrogens is 178 g/mol. The van der Waals surface area contributed by atoms with E-state index in [1.54, 1.807) is 0 Å². The number of methoxy groups -OCH3 is 1. The molecule has 1 N–H and O–H groups in total. The second-order valence-electron chi connectivity index (χ2n) is 3.66. The first-order valence-electron chi connectivity index (χ1n) is 5.49. The van der Waals surface area contributed by atoms with Gasteiger partial charge in [0.2, 0.25) is 0 Å². The smallest absolute Gasteiger partial charge is 0.322 e. The van der Waals surface area contributed by atoms with Crippen molar-refractivity contribution in [3.63, 3.8) is 0 Å². The van der Waals surface area contributed by atoms with Gasteiger partial charge in [-0.15, -0.1) is 0 Å². The van der Waals surface area contributed by atoms with E-state index < -0.39 is 0 Å². The van der Waals surface area contributed by atoms with Crippen molar-refractivity contribution < 1.29 is 9.53 Å². The van der Waals surface area contributed by atoms with Gasteiger partial charge in [-0.05, 0) is 19.8 Å². The molecule has 84 valence electrons. The Bertz CT molecular complexity index is 159. The van der Waals surface area contributed by atoms with Gasteiger partial charge in [0, 0.05) is 6.04 Å². The highest BCUT2D eigenvalue weighted by Crippen LogP contribution is 2.05. The largest absolute Gasteiger partial charge is 0.468 e. The lowest BCUT2D eigenvalue weighted by molar-refractivity contribution is -0.142. The second-order valence-corrected chi connectivity index (χ2v) is 3.66. The number of carbonyl (C=O) groups excluding carboxylic acids is 1. The van der Waals surface area contributed by atoms with E-state index in [1.165, 1.54) is 20.0 Å². The van der Waals surface area contributed by atoms with Crippen molar-refractivity contribution in [2.75, 3.05) is 7.11 Å². The summed E-state index contributed by atoms with van der Waals surface area (Å²) < 4.78 is 4.66. The van der Waals surface area contributed by atoms with Gasteiger partial charge >= 0.3 is 5.97 Å². The number of esters is 1. The summed E-state index contributed by atoms with van der Waals surface area (Å²) in [5, 5.41) is 3.28. The van der Waals surface area contributed by atoms with Gasteiger partial charge in [-0.1, -0.05) is 26.7 Å². The summed E-state index contributed by atoms with van der Waals surface area (Å²) in [4.78, 5) is 11.2. The molecule has 0 aromatic rings. The van der Waals surface area contributed by atoms with E-state index in [0.29, 0.717) is 6.04 Å². The third-order valence-corrected chi connectivity index (χ3v) is 2.44. The quantitative estimate of drug-likeness (QED) is 0.641. The van der Waals surface area contributed by atoms with Crippen LogP contribution in [-0.2, 0) is 9.53 Å². The van der Waals surface area contributed by atoms with Crippen LogP contribution in [0.4, 0.5) is 0 Å². The van der Waals surface area contributed by atoms with Crippen LogP contribution in [0.2, 0.25) is 0 Å². The number of ether oxygens (including phenoxy) is 1. The highest BCUT2D eigenvalue weighted by Gasteiger charge is 2.16. The predicted molar refractivity (Wildman–Crippen MR) is 58.2 cm³/mol. The molecule has 0 spiro atoms. The molecule has 0 saturated carbocycles. The van der Waals surface area contributed by atoms with E-state index in [1.807, 2.05) is 6.92 Å². The molecule has 1 unspecified atom stereocenters. The summed E-state index contributed by atoms with van der Waals surface area (Å²) in [6.07, 6.45) is 4.60. The Morgan fingerprint density at radius 2 is 2.07 bits per heavy atom. The van der Waals surface area contributed by atoms with E-state index in [0.717, 1.165) is 12.8 Å². The van der Waals surface area contributed by atoms with Crippen LogP contribution in [-0.4, -0.2) is 25.2 Å². The summed E-state index contributed by atoms with van der Waals surface area (Å²) >= 11 is 0. The van der Waals surface area contributed by atoms with Crippen LogP contribution < -0.4 is 5.32 Å². The van der Waals surface area contributed by atoms with E-state index in [2.05, 4.69) is 23.9 Å². The zero-order valence-corrected chi connectivity index (χ0v) is 9.80. The SMILES string of the molecule is CCCCC(CC)N[C@@H](C)C(=O)OC. The Kier molecular flexibility index (Phi) is 7.48. The van der Waals surface area contributed by atoms with Gasteiger partial charge in [0.1, 0.15) is 6.04 Å². The third kappa shape index (κ3) is 5.22. The zero-order valence-electron chi connectivity index (χ0n) is 9.80. The number of carbonyl (C=O) groups is 1. The Balaban J connectivity index is 3.85. The van der Waals surface area contributed by atoms with Crippen LogP contribution in [0.1, 0.15) is 46.5 Å². The lowest BCUT2D eigenvalue weighted by Crippen LogP contribution is -2.41.